The lowest BCUT2D eigenvalue weighted by atomic mass is 10.2. The first-order valence-corrected chi connectivity index (χ1v) is 6.46. The first-order chi connectivity index (χ1) is 9.16. The zero-order valence-electron chi connectivity index (χ0n) is 9.91. The van der Waals surface area contributed by atoms with Gasteiger partial charge in [0.05, 0.1) is 9.93 Å². The Balaban J connectivity index is 1.92. The number of carbonyl (C=O) groups is 1. The van der Waals surface area contributed by atoms with Crippen LogP contribution in [0.4, 0.5) is 5.69 Å². The fourth-order valence-electron chi connectivity index (χ4n) is 1.52. The van der Waals surface area contributed by atoms with E-state index in [2.05, 4.69) is 10.3 Å². The molecule has 98 valence electrons. The zero-order valence-corrected chi connectivity index (χ0v) is 10.7. The number of hydrogen-bond acceptors (Lipinski definition) is 5. The first kappa shape index (κ1) is 13.2. The number of thiazole rings is 1. The summed E-state index contributed by atoms with van der Waals surface area (Å²) in [5.74, 6) is -0.319. The molecule has 1 heterocycles. The number of nitro groups is 1. The maximum atomic E-state index is 11.8. The standard InChI is InChI=1S/C12H11N3O3S/c16-12(14-5-4-11-13-6-7-19-11)9-2-1-3-10(8-9)15(17)18/h1-3,6-8H,4-5H2,(H,14,16). The van der Waals surface area contributed by atoms with E-state index >= 15 is 0 Å². The van der Waals surface area contributed by atoms with Gasteiger partial charge in [-0.25, -0.2) is 4.98 Å². The SMILES string of the molecule is O=C(NCCc1nccs1)c1cccc([N+](=O)[O-])c1. The van der Waals surface area contributed by atoms with Gasteiger partial charge in [-0.15, -0.1) is 11.3 Å². The zero-order chi connectivity index (χ0) is 13.7. The van der Waals surface area contributed by atoms with E-state index in [1.165, 1.54) is 29.5 Å². The van der Waals surface area contributed by atoms with Gasteiger partial charge in [-0.1, -0.05) is 6.07 Å². The Labute approximate surface area is 113 Å². The van der Waals surface area contributed by atoms with E-state index in [1.54, 1.807) is 12.3 Å². The van der Waals surface area contributed by atoms with Gasteiger partial charge >= 0.3 is 0 Å². The third kappa shape index (κ3) is 3.59. The second kappa shape index (κ2) is 6.05. The molecule has 1 aromatic carbocycles. The number of amides is 1. The van der Waals surface area contributed by atoms with Crippen LogP contribution in [0, 0.1) is 10.1 Å². The Morgan fingerprint density at radius 2 is 2.32 bits per heavy atom. The molecule has 7 heteroatoms. The van der Waals surface area contributed by atoms with Crippen LogP contribution in [0.15, 0.2) is 35.8 Å². The van der Waals surface area contributed by atoms with Gasteiger partial charge in [0, 0.05) is 42.2 Å². The second-order valence-corrected chi connectivity index (χ2v) is 4.72. The lowest BCUT2D eigenvalue weighted by molar-refractivity contribution is -0.384. The van der Waals surface area contributed by atoms with Crippen molar-refractivity contribution in [3.63, 3.8) is 0 Å². The molecule has 2 rings (SSSR count). The highest BCUT2D eigenvalue weighted by Gasteiger charge is 2.10. The summed E-state index contributed by atoms with van der Waals surface area (Å²) >= 11 is 1.53. The van der Waals surface area contributed by atoms with Crippen LogP contribution in [-0.2, 0) is 6.42 Å². The number of nitrogens with one attached hydrogen (secondary N) is 1. The third-order valence-corrected chi connectivity index (χ3v) is 3.27. The van der Waals surface area contributed by atoms with Gasteiger partial charge in [-0.2, -0.15) is 0 Å². The molecule has 0 aliphatic heterocycles. The quantitative estimate of drug-likeness (QED) is 0.669. The molecule has 0 radical (unpaired) electrons. The lowest BCUT2D eigenvalue weighted by Gasteiger charge is -2.03. The number of nitro benzene ring substituents is 1. The van der Waals surface area contributed by atoms with Crippen LogP contribution in [0.1, 0.15) is 15.4 Å². The molecule has 19 heavy (non-hydrogen) atoms. The first-order valence-electron chi connectivity index (χ1n) is 5.58. The van der Waals surface area contributed by atoms with Gasteiger partial charge < -0.3 is 5.32 Å². The minimum atomic E-state index is -0.521. The van der Waals surface area contributed by atoms with Crippen molar-refractivity contribution < 1.29 is 9.72 Å². The van der Waals surface area contributed by atoms with E-state index in [9.17, 15) is 14.9 Å². The molecule has 0 fully saturated rings. The van der Waals surface area contributed by atoms with Crippen molar-refractivity contribution in [1.29, 1.82) is 0 Å². The van der Waals surface area contributed by atoms with Crippen molar-refractivity contribution in [2.45, 2.75) is 6.42 Å². The number of carbonyl (C=O) groups excluding carboxylic acids is 1. The summed E-state index contributed by atoms with van der Waals surface area (Å²) in [7, 11) is 0. The van der Waals surface area contributed by atoms with E-state index < -0.39 is 4.92 Å². The van der Waals surface area contributed by atoms with Crippen LogP contribution in [0.2, 0.25) is 0 Å². The Hall–Kier alpha value is -2.28. The Morgan fingerprint density at radius 3 is 3.00 bits per heavy atom. The average Bonchev–Trinajstić information content (AvgIpc) is 2.92. The molecule has 1 aromatic heterocycles. The largest absolute Gasteiger partial charge is 0.352 e. The molecular formula is C12H11N3O3S. The summed E-state index contributed by atoms with van der Waals surface area (Å²) in [6.45, 7) is 0.453. The van der Waals surface area contributed by atoms with Gasteiger partial charge in [-0.3, -0.25) is 14.9 Å². The van der Waals surface area contributed by atoms with E-state index in [1.807, 2.05) is 5.38 Å². The molecule has 6 nitrogen and oxygen atoms in total. The molecule has 1 amide bonds. The second-order valence-electron chi connectivity index (χ2n) is 3.74. The number of aromatic nitrogens is 1. The van der Waals surface area contributed by atoms with Gasteiger partial charge in [-0.05, 0) is 6.07 Å². The fourth-order valence-corrected chi connectivity index (χ4v) is 2.14. The smallest absolute Gasteiger partial charge is 0.270 e. The van der Waals surface area contributed by atoms with Crippen molar-refractivity contribution in [3.05, 3.63) is 56.5 Å². The molecule has 1 N–H and O–H groups in total. The molecule has 2 aromatic rings. The Bertz CT molecular complexity index is 584. The van der Waals surface area contributed by atoms with Crippen LogP contribution in [-0.4, -0.2) is 22.4 Å². The molecule has 0 unspecified atom stereocenters. The van der Waals surface area contributed by atoms with Crippen LogP contribution in [0.5, 0.6) is 0 Å². The van der Waals surface area contributed by atoms with E-state index in [4.69, 9.17) is 0 Å². The summed E-state index contributed by atoms with van der Waals surface area (Å²) in [6.07, 6.45) is 2.36. The van der Waals surface area contributed by atoms with Crippen LogP contribution in [0.3, 0.4) is 0 Å². The fraction of sp³-hybridized carbons (Fsp3) is 0.167. The predicted molar refractivity (Wildman–Crippen MR) is 71.2 cm³/mol. The highest BCUT2D eigenvalue weighted by atomic mass is 32.1. The average molecular weight is 277 g/mol. The van der Waals surface area contributed by atoms with Crippen LogP contribution >= 0.6 is 11.3 Å². The molecule has 0 saturated heterocycles. The third-order valence-electron chi connectivity index (χ3n) is 2.43. The molecule has 0 spiro atoms. The van der Waals surface area contributed by atoms with E-state index in [-0.39, 0.29) is 17.2 Å². The minimum absolute atomic E-state index is 0.0902. The molecule has 0 aliphatic rings. The number of benzene rings is 1. The molecule has 0 aliphatic carbocycles. The van der Waals surface area contributed by atoms with Crippen molar-refractivity contribution >= 4 is 22.9 Å². The minimum Gasteiger partial charge on any atom is -0.352 e. The predicted octanol–water partition coefficient (Wildman–Crippen LogP) is 2.02. The summed E-state index contributed by atoms with van der Waals surface area (Å²) in [5.41, 5.74) is 0.195. The van der Waals surface area contributed by atoms with Gasteiger partial charge in [0.2, 0.25) is 0 Å². The van der Waals surface area contributed by atoms with Crippen molar-refractivity contribution in [2.24, 2.45) is 0 Å². The van der Waals surface area contributed by atoms with Crippen molar-refractivity contribution in [3.8, 4) is 0 Å². The van der Waals surface area contributed by atoms with Crippen LogP contribution < -0.4 is 5.32 Å². The maximum Gasteiger partial charge on any atom is 0.270 e. The van der Waals surface area contributed by atoms with Crippen LogP contribution in [0.25, 0.3) is 0 Å². The topological polar surface area (TPSA) is 85.1 Å². The highest BCUT2D eigenvalue weighted by molar-refractivity contribution is 7.09. The van der Waals surface area contributed by atoms with Gasteiger partial charge in [0.15, 0.2) is 0 Å². The summed E-state index contributed by atoms with van der Waals surface area (Å²) in [5, 5.41) is 16.1. The summed E-state index contributed by atoms with van der Waals surface area (Å²) in [4.78, 5) is 26.0. The Morgan fingerprint density at radius 1 is 1.47 bits per heavy atom. The summed E-state index contributed by atoms with van der Waals surface area (Å²) < 4.78 is 0. The van der Waals surface area contributed by atoms with E-state index in [0.717, 1.165) is 5.01 Å². The highest BCUT2D eigenvalue weighted by Crippen LogP contribution is 2.12. The molecule has 0 atom stereocenters. The molecular weight excluding hydrogens is 266 g/mol. The van der Waals surface area contributed by atoms with Crippen molar-refractivity contribution in [1.82, 2.24) is 10.3 Å². The molecule has 0 saturated carbocycles. The monoisotopic (exact) mass is 277 g/mol. The number of nitrogens with zero attached hydrogens (tertiary/aromatic N) is 2. The van der Waals surface area contributed by atoms with E-state index in [0.29, 0.717) is 13.0 Å². The van der Waals surface area contributed by atoms with Gasteiger partial charge in [0.25, 0.3) is 11.6 Å². The normalized spacial score (nSPS) is 10.1. The molecule has 0 bridgehead atoms. The lowest BCUT2D eigenvalue weighted by Crippen LogP contribution is -2.25. The van der Waals surface area contributed by atoms with Gasteiger partial charge in [0.1, 0.15) is 0 Å². The summed E-state index contributed by atoms with van der Waals surface area (Å²) in [6, 6.07) is 5.66. The maximum absolute atomic E-state index is 11.8. The Kier molecular flexibility index (Phi) is 4.19. The number of hydrogen-bond donors (Lipinski definition) is 1. The number of non-ortho nitro benzene ring substituents is 1. The number of rotatable bonds is 5. The van der Waals surface area contributed by atoms with Crippen molar-refractivity contribution in [2.75, 3.05) is 6.54 Å².